The number of aromatic nitrogens is 2. The predicted octanol–water partition coefficient (Wildman–Crippen LogP) is 1.73. The Labute approximate surface area is 100 Å². The lowest BCUT2D eigenvalue weighted by Gasteiger charge is -2.07. The third-order valence-electron chi connectivity index (χ3n) is 2.50. The standard InChI is InChI=1S/C11H15N3O2S/c1-3-6-17(15,16)13-10-5-4-9-8-12-14(2)11(9)7-10/h4-5,7-8,13H,3,6H2,1-2H3. The predicted molar refractivity (Wildman–Crippen MR) is 68.4 cm³/mol. The van der Waals surface area contributed by atoms with Gasteiger partial charge in [0.25, 0.3) is 0 Å². The lowest BCUT2D eigenvalue weighted by atomic mass is 10.2. The molecule has 92 valence electrons. The first-order valence-electron chi connectivity index (χ1n) is 5.44. The van der Waals surface area contributed by atoms with Crippen LogP contribution in [0.1, 0.15) is 13.3 Å². The van der Waals surface area contributed by atoms with E-state index >= 15 is 0 Å². The average molecular weight is 253 g/mol. The van der Waals surface area contributed by atoms with E-state index in [0.717, 1.165) is 10.9 Å². The number of benzene rings is 1. The van der Waals surface area contributed by atoms with Gasteiger partial charge in [-0.15, -0.1) is 0 Å². The first-order valence-corrected chi connectivity index (χ1v) is 7.09. The molecule has 1 aromatic heterocycles. The fraction of sp³-hybridized carbons (Fsp3) is 0.364. The molecule has 1 aromatic carbocycles. The summed E-state index contributed by atoms with van der Waals surface area (Å²) in [6.07, 6.45) is 2.35. The van der Waals surface area contributed by atoms with Crippen LogP contribution >= 0.6 is 0 Å². The van der Waals surface area contributed by atoms with Crippen LogP contribution in [-0.2, 0) is 17.1 Å². The second-order valence-electron chi connectivity index (χ2n) is 3.96. The number of nitrogens with zero attached hydrogens (tertiary/aromatic N) is 2. The molecule has 0 bridgehead atoms. The van der Waals surface area contributed by atoms with Crippen molar-refractivity contribution in [3.05, 3.63) is 24.4 Å². The van der Waals surface area contributed by atoms with Crippen molar-refractivity contribution in [2.24, 2.45) is 7.05 Å². The van der Waals surface area contributed by atoms with E-state index in [4.69, 9.17) is 0 Å². The number of rotatable bonds is 4. The number of fused-ring (bicyclic) bond motifs is 1. The molecular formula is C11H15N3O2S. The van der Waals surface area contributed by atoms with E-state index in [1.807, 2.05) is 20.0 Å². The molecule has 0 spiro atoms. The Bertz CT molecular complexity index is 631. The summed E-state index contributed by atoms with van der Waals surface area (Å²) < 4.78 is 27.5. The van der Waals surface area contributed by atoms with Gasteiger partial charge in [0.05, 0.1) is 23.2 Å². The maximum Gasteiger partial charge on any atom is 0.232 e. The highest BCUT2D eigenvalue weighted by molar-refractivity contribution is 7.92. The summed E-state index contributed by atoms with van der Waals surface area (Å²) in [5.41, 5.74) is 1.48. The number of sulfonamides is 1. The van der Waals surface area contributed by atoms with Gasteiger partial charge in [-0.3, -0.25) is 9.40 Å². The minimum Gasteiger partial charge on any atom is -0.283 e. The molecule has 0 aliphatic carbocycles. The molecule has 0 aliphatic heterocycles. The summed E-state index contributed by atoms with van der Waals surface area (Å²) in [7, 11) is -1.40. The van der Waals surface area contributed by atoms with Crippen molar-refractivity contribution < 1.29 is 8.42 Å². The molecule has 1 heterocycles. The Morgan fingerprint density at radius 3 is 2.88 bits per heavy atom. The fourth-order valence-electron chi connectivity index (χ4n) is 1.71. The largest absolute Gasteiger partial charge is 0.283 e. The van der Waals surface area contributed by atoms with Crippen molar-refractivity contribution in [1.29, 1.82) is 0 Å². The second-order valence-corrected chi connectivity index (χ2v) is 5.80. The molecule has 0 aliphatic rings. The zero-order chi connectivity index (χ0) is 12.5. The van der Waals surface area contributed by atoms with Gasteiger partial charge in [0.15, 0.2) is 0 Å². The van der Waals surface area contributed by atoms with Gasteiger partial charge in [-0.25, -0.2) is 8.42 Å². The molecule has 0 radical (unpaired) electrons. The molecule has 0 amide bonds. The normalized spacial score (nSPS) is 11.9. The summed E-state index contributed by atoms with van der Waals surface area (Å²) in [5, 5.41) is 5.10. The van der Waals surface area contributed by atoms with Crippen LogP contribution < -0.4 is 4.72 Å². The van der Waals surface area contributed by atoms with Gasteiger partial charge < -0.3 is 0 Å². The third-order valence-corrected chi connectivity index (χ3v) is 3.99. The van der Waals surface area contributed by atoms with Crippen molar-refractivity contribution in [2.75, 3.05) is 10.5 Å². The van der Waals surface area contributed by atoms with Crippen LogP contribution in [0.5, 0.6) is 0 Å². The first kappa shape index (κ1) is 11.9. The lowest BCUT2D eigenvalue weighted by molar-refractivity contribution is 0.600. The molecular weight excluding hydrogens is 238 g/mol. The van der Waals surface area contributed by atoms with Gasteiger partial charge >= 0.3 is 0 Å². The highest BCUT2D eigenvalue weighted by Crippen LogP contribution is 2.19. The molecule has 5 nitrogen and oxygen atoms in total. The molecule has 2 rings (SSSR count). The molecule has 0 saturated carbocycles. The van der Waals surface area contributed by atoms with Crippen molar-refractivity contribution in [1.82, 2.24) is 9.78 Å². The number of hydrogen-bond acceptors (Lipinski definition) is 3. The van der Waals surface area contributed by atoms with E-state index in [2.05, 4.69) is 9.82 Å². The Hall–Kier alpha value is -1.56. The van der Waals surface area contributed by atoms with E-state index in [0.29, 0.717) is 12.1 Å². The molecule has 0 saturated heterocycles. The van der Waals surface area contributed by atoms with Gasteiger partial charge in [-0.2, -0.15) is 5.10 Å². The monoisotopic (exact) mass is 253 g/mol. The van der Waals surface area contributed by atoms with Gasteiger partial charge in [0, 0.05) is 12.4 Å². The number of hydrogen-bond donors (Lipinski definition) is 1. The maximum atomic E-state index is 11.6. The van der Waals surface area contributed by atoms with Gasteiger partial charge in [0.2, 0.25) is 10.0 Å². The minimum atomic E-state index is -3.23. The number of aryl methyl sites for hydroxylation is 1. The Kier molecular flexibility index (Phi) is 3.06. The van der Waals surface area contributed by atoms with E-state index in [9.17, 15) is 8.42 Å². The summed E-state index contributed by atoms with van der Waals surface area (Å²) in [4.78, 5) is 0. The summed E-state index contributed by atoms with van der Waals surface area (Å²) in [6, 6.07) is 5.39. The van der Waals surface area contributed by atoms with Crippen LogP contribution in [0.4, 0.5) is 5.69 Å². The Balaban J connectivity index is 2.34. The molecule has 0 atom stereocenters. The quantitative estimate of drug-likeness (QED) is 0.902. The number of anilines is 1. The van der Waals surface area contributed by atoms with Crippen LogP contribution in [0.3, 0.4) is 0 Å². The Morgan fingerprint density at radius 2 is 2.18 bits per heavy atom. The van der Waals surface area contributed by atoms with Gasteiger partial charge in [-0.1, -0.05) is 6.92 Å². The highest BCUT2D eigenvalue weighted by Gasteiger charge is 2.09. The fourth-order valence-corrected chi connectivity index (χ4v) is 2.83. The smallest absolute Gasteiger partial charge is 0.232 e. The lowest BCUT2D eigenvalue weighted by Crippen LogP contribution is -2.16. The summed E-state index contributed by atoms with van der Waals surface area (Å²) >= 11 is 0. The van der Waals surface area contributed by atoms with Gasteiger partial charge in [-0.05, 0) is 24.6 Å². The van der Waals surface area contributed by atoms with Crippen LogP contribution in [-0.4, -0.2) is 24.0 Å². The molecule has 1 N–H and O–H groups in total. The average Bonchev–Trinajstić information content (AvgIpc) is 2.60. The van der Waals surface area contributed by atoms with Crippen molar-refractivity contribution in [2.45, 2.75) is 13.3 Å². The van der Waals surface area contributed by atoms with Crippen LogP contribution in [0, 0.1) is 0 Å². The SMILES string of the molecule is CCCS(=O)(=O)Nc1ccc2cnn(C)c2c1. The van der Waals surface area contributed by atoms with Crippen LogP contribution in [0.15, 0.2) is 24.4 Å². The molecule has 0 unspecified atom stereocenters. The van der Waals surface area contributed by atoms with E-state index in [-0.39, 0.29) is 5.75 Å². The van der Waals surface area contributed by atoms with Crippen LogP contribution in [0.2, 0.25) is 0 Å². The van der Waals surface area contributed by atoms with E-state index < -0.39 is 10.0 Å². The summed E-state index contributed by atoms with van der Waals surface area (Å²) in [5.74, 6) is 0.135. The molecule has 0 fully saturated rings. The maximum absolute atomic E-state index is 11.6. The Morgan fingerprint density at radius 1 is 1.41 bits per heavy atom. The summed E-state index contributed by atoms with van der Waals surface area (Å²) in [6.45, 7) is 1.84. The van der Waals surface area contributed by atoms with E-state index in [1.54, 1.807) is 23.0 Å². The van der Waals surface area contributed by atoms with Crippen molar-refractivity contribution >= 4 is 26.6 Å². The molecule has 6 heteroatoms. The molecule has 17 heavy (non-hydrogen) atoms. The van der Waals surface area contributed by atoms with E-state index in [1.165, 1.54) is 0 Å². The zero-order valence-corrected chi connectivity index (χ0v) is 10.7. The molecule has 2 aromatic rings. The topological polar surface area (TPSA) is 64.0 Å². The third kappa shape index (κ3) is 2.58. The van der Waals surface area contributed by atoms with Crippen LogP contribution in [0.25, 0.3) is 10.9 Å². The zero-order valence-electron chi connectivity index (χ0n) is 9.84. The second kappa shape index (κ2) is 4.37. The van der Waals surface area contributed by atoms with Gasteiger partial charge in [0.1, 0.15) is 0 Å². The minimum absolute atomic E-state index is 0.135. The highest BCUT2D eigenvalue weighted by atomic mass is 32.2. The van der Waals surface area contributed by atoms with Crippen molar-refractivity contribution in [3.8, 4) is 0 Å². The van der Waals surface area contributed by atoms with Crippen molar-refractivity contribution in [3.63, 3.8) is 0 Å². The number of nitrogens with one attached hydrogen (secondary N) is 1. The first-order chi connectivity index (χ1) is 8.02.